The van der Waals surface area contributed by atoms with Gasteiger partial charge in [0.25, 0.3) is 0 Å². The monoisotopic (exact) mass is 425 g/mol. The molecule has 1 aliphatic heterocycles. The van der Waals surface area contributed by atoms with Crippen LogP contribution in [0.25, 0.3) is 0 Å². The van der Waals surface area contributed by atoms with E-state index in [0.717, 1.165) is 38.5 Å². The summed E-state index contributed by atoms with van der Waals surface area (Å²) in [5.41, 5.74) is 1.15. The van der Waals surface area contributed by atoms with Crippen molar-refractivity contribution in [2.24, 2.45) is 23.7 Å². The van der Waals surface area contributed by atoms with E-state index in [2.05, 4.69) is 24.3 Å². The molecule has 5 saturated carbocycles. The third kappa shape index (κ3) is 3.25. The lowest BCUT2D eigenvalue weighted by Gasteiger charge is -2.63. The third-order valence-electron chi connectivity index (χ3n) is 8.78. The maximum Gasteiger partial charge on any atom is 0.508 e. The van der Waals surface area contributed by atoms with Gasteiger partial charge in [0.2, 0.25) is 5.91 Å². The molecule has 4 bridgehead atoms. The Morgan fingerprint density at radius 3 is 2.10 bits per heavy atom. The van der Waals surface area contributed by atoms with Crippen molar-refractivity contribution in [2.45, 2.75) is 68.7 Å². The van der Waals surface area contributed by atoms with E-state index in [1.165, 1.54) is 5.56 Å². The van der Waals surface area contributed by atoms with Crippen molar-refractivity contribution in [1.29, 1.82) is 0 Å². The molecule has 6 heteroatoms. The van der Waals surface area contributed by atoms with Crippen LogP contribution in [0.3, 0.4) is 0 Å². The fourth-order valence-electron chi connectivity index (χ4n) is 7.14. The highest BCUT2D eigenvalue weighted by Crippen LogP contribution is 2.64. The normalized spacial score (nSPS) is 38.6. The highest BCUT2D eigenvalue weighted by atomic mass is 16.7. The summed E-state index contributed by atoms with van der Waals surface area (Å²) in [6.07, 6.45) is 5.48. The largest absolute Gasteiger partial charge is 0.508 e. The number of aliphatic hydroxyl groups is 1. The summed E-state index contributed by atoms with van der Waals surface area (Å²) in [6, 6.07) is 10.6. The molecule has 31 heavy (non-hydrogen) atoms. The molecule has 1 amide bonds. The molecule has 1 N–H and O–H groups in total. The van der Waals surface area contributed by atoms with Crippen LogP contribution in [0.1, 0.15) is 50.5 Å². The molecule has 0 radical (unpaired) electrons. The van der Waals surface area contributed by atoms with Crippen LogP contribution in [0, 0.1) is 23.7 Å². The van der Waals surface area contributed by atoms with Crippen molar-refractivity contribution < 1.29 is 24.2 Å². The Labute approximate surface area is 182 Å². The lowest BCUT2D eigenvalue weighted by atomic mass is 9.42. The van der Waals surface area contributed by atoms with E-state index < -0.39 is 6.16 Å². The molecule has 0 atom stereocenters. The summed E-state index contributed by atoms with van der Waals surface area (Å²) in [5, 5.41) is 10.6. The lowest BCUT2D eigenvalue weighted by Crippen LogP contribution is -2.62. The molecule has 7 rings (SSSR count). The van der Waals surface area contributed by atoms with E-state index in [9.17, 15) is 14.7 Å². The van der Waals surface area contributed by atoms with E-state index in [1.807, 2.05) is 11.0 Å². The number of likely N-dealkylation sites (tertiary alicyclic amines) is 1. The fourth-order valence-corrected chi connectivity index (χ4v) is 7.14. The number of aliphatic hydroxyl groups excluding tert-OH is 1. The number of hydrogen-bond acceptors (Lipinski definition) is 5. The Hall–Kier alpha value is -2.08. The first-order valence-electron chi connectivity index (χ1n) is 11.9. The maximum atomic E-state index is 13.4. The molecule has 1 heterocycles. The summed E-state index contributed by atoms with van der Waals surface area (Å²) in [4.78, 5) is 27.0. The van der Waals surface area contributed by atoms with Gasteiger partial charge in [-0.2, -0.15) is 0 Å². The lowest BCUT2D eigenvalue weighted by molar-refractivity contribution is -0.159. The standard InChI is InChI=1S/C25H31NO5/c27-22(26-13-21(14-26)31-24(29)30-20-6-7-20)12-25(17-4-2-1-3-5-17)18-8-15-9-19(25)11-16(10-18)23(15)28/h1-5,15-16,18-21,23,28H,6-14H2. The zero-order valence-corrected chi connectivity index (χ0v) is 17.8. The topological polar surface area (TPSA) is 76.1 Å². The van der Waals surface area contributed by atoms with Crippen molar-refractivity contribution in [3.63, 3.8) is 0 Å². The van der Waals surface area contributed by atoms with Gasteiger partial charge < -0.3 is 19.5 Å². The Morgan fingerprint density at radius 1 is 0.935 bits per heavy atom. The number of hydrogen-bond donors (Lipinski definition) is 1. The van der Waals surface area contributed by atoms with Crippen LogP contribution in [-0.2, 0) is 19.7 Å². The first kappa shape index (κ1) is 19.6. The molecular weight excluding hydrogens is 394 g/mol. The maximum absolute atomic E-state index is 13.4. The summed E-state index contributed by atoms with van der Waals surface area (Å²) in [6.45, 7) is 0.922. The molecule has 6 nitrogen and oxygen atoms in total. The molecule has 6 aliphatic rings. The highest BCUT2D eigenvalue weighted by molar-refractivity contribution is 5.79. The number of carbonyl (C=O) groups is 2. The summed E-state index contributed by atoms with van der Waals surface area (Å²) < 4.78 is 10.5. The minimum atomic E-state index is -0.597. The predicted molar refractivity (Wildman–Crippen MR) is 112 cm³/mol. The van der Waals surface area contributed by atoms with Crippen LogP contribution >= 0.6 is 0 Å². The van der Waals surface area contributed by atoms with Gasteiger partial charge in [-0.15, -0.1) is 0 Å². The molecule has 5 aliphatic carbocycles. The van der Waals surface area contributed by atoms with E-state index >= 15 is 0 Å². The second-order valence-electron chi connectivity index (χ2n) is 10.5. The Bertz CT molecular complexity index is 830. The van der Waals surface area contributed by atoms with Gasteiger partial charge >= 0.3 is 6.16 Å². The van der Waals surface area contributed by atoms with Gasteiger partial charge in [0.15, 0.2) is 0 Å². The third-order valence-corrected chi connectivity index (χ3v) is 8.78. The van der Waals surface area contributed by atoms with Crippen molar-refractivity contribution in [2.75, 3.05) is 13.1 Å². The minimum absolute atomic E-state index is 0.0338. The molecule has 166 valence electrons. The summed E-state index contributed by atoms with van der Waals surface area (Å²) in [5.74, 6) is 1.85. The second kappa shape index (κ2) is 7.22. The van der Waals surface area contributed by atoms with Crippen molar-refractivity contribution in [3.8, 4) is 0 Å². The zero-order chi connectivity index (χ0) is 21.2. The smallest absolute Gasteiger partial charge is 0.431 e. The van der Waals surface area contributed by atoms with Crippen LogP contribution < -0.4 is 0 Å². The number of nitrogens with zero attached hydrogens (tertiary/aromatic N) is 1. The number of amides is 1. The molecule has 0 aromatic heterocycles. The van der Waals surface area contributed by atoms with Crippen LogP contribution in [0.15, 0.2) is 30.3 Å². The van der Waals surface area contributed by atoms with Gasteiger partial charge in [0, 0.05) is 11.8 Å². The average molecular weight is 426 g/mol. The number of ether oxygens (including phenoxy) is 2. The molecular formula is C25H31NO5. The van der Waals surface area contributed by atoms with Gasteiger partial charge in [-0.05, 0) is 67.8 Å². The average Bonchev–Trinajstić information content (AvgIpc) is 3.53. The fraction of sp³-hybridized carbons (Fsp3) is 0.680. The first-order chi connectivity index (χ1) is 15.0. The molecule has 0 spiro atoms. The molecule has 1 aromatic rings. The molecule has 6 fully saturated rings. The quantitative estimate of drug-likeness (QED) is 0.733. The Morgan fingerprint density at radius 2 is 1.52 bits per heavy atom. The second-order valence-corrected chi connectivity index (χ2v) is 10.5. The van der Waals surface area contributed by atoms with Crippen molar-refractivity contribution in [1.82, 2.24) is 4.90 Å². The van der Waals surface area contributed by atoms with Gasteiger partial charge in [-0.3, -0.25) is 4.79 Å². The van der Waals surface area contributed by atoms with Crippen LogP contribution in [0.4, 0.5) is 4.79 Å². The van der Waals surface area contributed by atoms with Gasteiger partial charge in [-0.25, -0.2) is 4.79 Å². The van der Waals surface area contributed by atoms with Gasteiger partial charge in [0.05, 0.1) is 19.2 Å². The Balaban J connectivity index is 1.17. The Kier molecular flexibility index (Phi) is 4.57. The van der Waals surface area contributed by atoms with Crippen LogP contribution in [0.2, 0.25) is 0 Å². The van der Waals surface area contributed by atoms with E-state index in [0.29, 0.717) is 43.2 Å². The van der Waals surface area contributed by atoms with Crippen LogP contribution in [0.5, 0.6) is 0 Å². The first-order valence-corrected chi connectivity index (χ1v) is 11.9. The number of rotatable bonds is 5. The van der Waals surface area contributed by atoms with Gasteiger partial charge in [-0.1, -0.05) is 30.3 Å². The SMILES string of the molecule is O=C(OC1CC1)OC1CN(C(=O)CC2(c3ccccc3)C3CC4CC2CC(C3)C4O)C1. The minimum Gasteiger partial charge on any atom is -0.431 e. The molecule has 0 unspecified atom stereocenters. The van der Waals surface area contributed by atoms with Crippen LogP contribution in [-0.4, -0.2) is 53.5 Å². The number of benzene rings is 1. The number of carbonyl (C=O) groups excluding carboxylic acids is 2. The molecule has 1 aromatic carbocycles. The van der Waals surface area contributed by atoms with Crippen molar-refractivity contribution >= 4 is 12.1 Å². The van der Waals surface area contributed by atoms with E-state index in [4.69, 9.17) is 9.47 Å². The van der Waals surface area contributed by atoms with Crippen molar-refractivity contribution in [3.05, 3.63) is 35.9 Å². The van der Waals surface area contributed by atoms with E-state index in [1.54, 1.807) is 0 Å². The summed E-state index contributed by atoms with van der Waals surface area (Å²) >= 11 is 0. The summed E-state index contributed by atoms with van der Waals surface area (Å²) in [7, 11) is 0. The predicted octanol–water partition coefficient (Wildman–Crippen LogP) is 3.27. The molecule has 1 saturated heterocycles. The van der Waals surface area contributed by atoms with E-state index in [-0.39, 0.29) is 29.6 Å². The zero-order valence-electron chi connectivity index (χ0n) is 17.8. The highest BCUT2D eigenvalue weighted by Gasteiger charge is 2.61. The van der Waals surface area contributed by atoms with Gasteiger partial charge in [0.1, 0.15) is 12.2 Å².